The standard InChI is InChI=1S/C19H22N4O2/c1-24-17-7-13-12-6-15(11-4-3-5-21-9-11)23-19(20)14(12)10-22-16(13)8-18(17)25-2/h6-8,10-11,21H,3-5,9H2,1-2H3,(H2,20,23). The van der Waals surface area contributed by atoms with Crippen LogP contribution in [0, 0.1) is 0 Å². The summed E-state index contributed by atoms with van der Waals surface area (Å²) in [4.78, 5) is 9.18. The average Bonchev–Trinajstić information content (AvgIpc) is 2.67. The number of rotatable bonds is 3. The molecule has 3 heterocycles. The molecule has 1 fully saturated rings. The first-order valence-electron chi connectivity index (χ1n) is 8.53. The monoisotopic (exact) mass is 338 g/mol. The molecule has 3 aromatic rings. The molecule has 6 nitrogen and oxygen atoms in total. The van der Waals surface area contributed by atoms with Gasteiger partial charge in [0.2, 0.25) is 0 Å². The molecule has 1 saturated heterocycles. The summed E-state index contributed by atoms with van der Waals surface area (Å²) in [5.74, 6) is 2.27. The van der Waals surface area contributed by atoms with Crippen LogP contribution >= 0.6 is 0 Å². The highest BCUT2D eigenvalue weighted by atomic mass is 16.5. The van der Waals surface area contributed by atoms with Crippen molar-refractivity contribution >= 4 is 27.5 Å². The number of nitrogens with two attached hydrogens (primary N) is 1. The minimum absolute atomic E-state index is 0.392. The van der Waals surface area contributed by atoms with E-state index in [1.54, 1.807) is 20.4 Å². The first-order valence-corrected chi connectivity index (χ1v) is 8.53. The summed E-state index contributed by atoms with van der Waals surface area (Å²) in [6.45, 7) is 2.02. The van der Waals surface area contributed by atoms with Gasteiger partial charge in [0, 0.05) is 41.2 Å². The largest absolute Gasteiger partial charge is 0.493 e. The molecule has 130 valence electrons. The fourth-order valence-corrected chi connectivity index (χ4v) is 3.59. The van der Waals surface area contributed by atoms with Crippen LogP contribution in [-0.4, -0.2) is 37.3 Å². The maximum absolute atomic E-state index is 6.25. The number of benzene rings is 1. The number of nitrogens with zero attached hydrogens (tertiary/aromatic N) is 2. The van der Waals surface area contributed by atoms with Gasteiger partial charge in [-0.3, -0.25) is 4.98 Å². The molecule has 6 heteroatoms. The summed E-state index contributed by atoms with van der Waals surface area (Å²) in [7, 11) is 3.26. The highest BCUT2D eigenvalue weighted by Gasteiger charge is 2.19. The van der Waals surface area contributed by atoms with Crippen molar-refractivity contribution < 1.29 is 9.47 Å². The number of hydrogen-bond acceptors (Lipinski definition) is 6. The van der Waals surface area contributed by atoms with Gasteiger partial charge in [-0.2, -0.15) is 0 Å². The molecular formula is C19H22N4O2. The normalized spacial score (nSPS) is 17.8. The highest BCUT2D eigenvalue weighted by molar-refractivity contribution is 6.09. The summed E-state index contributed by atoms with van der Waals surface area (Å²) >= 11 is 0. The van der Waals surface area contributed by atoms with Gasteiger partial charge in [-0.05, 0) is 36.9 Å². The van der Waals surface area contributed by atoms with E-state index in [0.717, 1.165) is 53.3 Å². The van der Waals surface area contributed by atoms with Crippen LogP contribution in [0.15, 0.2) is 24.4 Å². The summed E-state index contributed by atoms with van der Waals surface area (Å²) < 4.78 is 10.8. The molecule has 0 aliphatic carbocycles. The third-order valence-electron chi connectivity index (χ3n) is 4.95. The molecule has 25 heavy (non-hydrogen) atoms. The van der Waals surface area contributed by atoms with Crippen LogP contribution in [0.4, 0.5) is 5.82 Å². The summed E-state index contributed by atoms with van der Waals surface area (Å²) in [6, 6.07) is 6.01. The average molecular weight is 338 g/mol. The first-order chi connectivity index (χ1) is 12.2. The lowest BCUT2D eigenvalue weighted by atomic mass is 9.94. The summed E-state index contributed by atoms with van der Waals surface area (Å²) in [6.07, 6.45) is 4.08. The van der Waals surface area contributed by atoms with Gasteiger partial charge >= 0.3 is 0 Å². The maximum Gasteiger partial charge on any atom is 0.162 e. The summed E-state index contributed by atoms with van der Waals surface area (Å²) in [5, 5.41) is 6.36. The Morgan fingerprint density at radius 2 is 1.88 bits per heavy atom. The van der Waals surface area contributed by atoms with Gasteiger partial charge in [-0.25, -0.2) is 4.98 Å². The second-order valence-electron chi connectivity index (χ2n) is 6.42. The highest BCUT2D eigenvalue weighted by Crippen LogP contribution is 2.36. The van der Waals surface area contributed by atoms with Crippen molar-refractivity contribution in [1.29, 1.82) is 0 Å². The van der Waals surface area contributed by atoms with Gasteiger partial charge in [0.05, 0.1) is 19.7 Å². The molecule has 3 N–H and O–H groups in total. The number of piperidine rings is 1. The number of fused-ring (bicyclic) bond motifs is 3. The van der Waals surface area contributed by atoms with Crippen LogP contribution in [-0.2, 0) is 0 Å². The fraction of sp³-hybridized carbons (Fsp3) is 0.368. The molecule has 0 spiro atoms. The Balaban J connectivity index is 1.96. The van der Waals surface area contributed by atoms with E-state index in [1.165, 1.54) is 0 Å². The predicted octanol–water partition coefficient (Wildman–Crippen LogP) is 2.85. The molecule has 4 rings (SSSR count). The minimum atomic E-state index is 0.392. The van der Waals surface area contributed by atoms with E-state index in [1.807, 2.05) is 12.1 Å². The molecule has 0 saturated carbocycles. The summed E-state index contributed by atoms with van der Waals surface area (Å²) in [5.41, 5.74) is 8.15. The van der Waals surface area contributed by atoms with Crippen molar-refractivity contribution in [3.63, 3.8) is 0 Å². The Morgan fingerprint density at radius 3 is 2.60 bits per heavy atom. The number of ether oxygens (including phenoxy) is 2. The third-order valence-corrected chi connectivity index (χ3v) is 4.95. The number of nitrogen functional groups attached to an aromatic ring is 1. The van der Waals surface area contributed by atoms with Crippen LogP contribution in [0.3, 0.4) is 0 Å². The zero-order chi connectivity index (χ0) is 17.4. The van der Waals surface area contributed by atoms with Crippen molar-refractivity contribution in [3.05, 3.63) is 30.1 Å². The minimum Gasteiger partial charge on any atom is -0.493 e. The van der Waals surface area contributed by atoms with E-state index in [9.17, 15) is 0 Å². The van der Waals surface area contributed by atoms with Gasteiger partial charge in [0.1, 0.15) is 5.82 Å². The Labute approximate surface area is 146 Å². The smallest absolute Gasteiger partial charge is 0.162 e. The number of methoxy groups -OCH3 is 2. The topological polar surface area (TPSA) is 82.3 Å². The van der Waals surface area contributed by atoms with Crippen LogP contribution in [0.1, 0.15) is 24.5 Å². The van der Waals surface area contributed by atoms with Gasteiger partial charge < -0.3 is 20.5 Å². The van der Waals surface area contributed by atoms with Gasteiger partial charge in [0.25, 0.3) is 0 Å². The predicted molar refractivity (Wildman–Crippen MR) is 99.4 cm³/mol. The lowest BCUT2D eigenvalue weighted by Gasteiger charge is -2.23. The lowest BCUT2D eigenvalue weighted by Crippen LogP contribution is -2.28. The van der Waals surface area contributed by atoms with Gasteiger partial charge in [-0.1, -0.05) is 0 Å². The zero-order valence-electron chi connectivity index (χ0n) is 14.5. The van der Waals surface area contributed by atoms with Crippen molar-refractivity contribution in [2.24, 2.45) is 0 Å². The van der Waals surface area contributed by atoms with Crippen LogP contribution in [0.5, 0.6) is 11.5 Å². The van der Waals surface area contributed by atoms with Crippen molar-refractivity contribution in [3.8, 4) is 11.5 Å². The first kappa shape index (κ1) is 15.9. The second kappa shape index (κ2) is 6.37. The number of anilines is 1. The lowest BCUT2D eigenvalue weighted by molar-refractivity contribution is 0.356. The quantitative estimate of drug-likeness (QED) is 0.715. The van der Waals surface area contributed by atoms with E-state index in [0.29, 0.717) is 23.2 Å². The SMILES string of the molecule is COc1cc2ncc3c(N)nc(C4CCCNC4)cc3c2cc1OC. The van der Waals surface area contributed by atoms with Crippen molar-refractivity contribution in [2.45, 2.75) is 18.8 Å². The van der Waals surface area contributed by atoms with Crippen LogP contribution in [0.25, 0.3) is 21.7 Å². The Kier molecular flexibility index (Phi) is 4.05. The Bertz CT molecular complexity index is 936. The third kappa shape index (κ3) is 2.72. The fourth-order valence-electron chi connectivity index (χ4n) is 3.59. The molecule has 0 radical (unpaired) electrons. The van der Waals surface area contributed by atoms with E-state index in [4.69, 9.17) is 15.2 Å². The number of aromatic nitrogens is 2. The Morgan fingerprint density at radius 1 is 1.08 bits per heavy atom. The molecule has 0 amide bonds. The van der Waals surface area contributed by atoms with Crippen molar-refractivity contribution in [1.82, 2.24) is 15.3 Å². The molecular weight excluding hydrogens is 316 g/mol. The van der Waals surface area contributed by atoms with Crippen LogP contribution < -0.4 is 20.5 Å². The van der Waals surface area contributed by atoms with Gasteiger partial charge in [-0.15, -0.1) is 0 Å². The molecule has 0 bridgehead atoms. The molecule has 2 aromatic heterocycles. The molecule has 1 aliphatic rings. The molecule has 1 unspecified atom stereocenters. The van der Waals surface area contributed by atoms with E-state index in [-0.39, 0.29) is 0 Å². The van der Waals surface area contributed by atoms with E-state index >= 15 is 0 Å². The van der Waals surface area contributed by atoms with Gasteiger partial charge in [0.15, 0.2) is 11.5 Å². The molecule has 1 aliphatic heterocycles. The van der Waals surface area contributed by atoms with Crippen molar-refractivity contribution in [2.75, 3.05) is 33.0 Å². The van der Waals surface area contributed by atoms with E-state index < -0.39 is 0 Å². The number of hydrogen-bond donors (Lipinski definition) is 2. The second-order valence-corrected chi connectivity index (χ2v) is 6.42. The number of nitrogens with one attached hydrogen (secondary N) is 1. The zero-order valence-corrected chi connectivity index (χ0v) is 14.5. The maximum atomic E-state index is 6.25. The molecule has 1 atom stereocenters. The van der Waals surface area contributed by atoms with Crippen LogP contribution in [0.2, 0.25) is 0 Å². The number of pyridine rings is 2. The van der Waals surface area contributed by atoms with E-state index in [2.05, 4.69) is 21.4 Å². The Hall–Kier alpha value is -2.60. The molecule has 1 aromatic carbocycles.